The molecule has 2 nitrogen and oxygen atoms in total. The van der Waals surface area contributed by atoms with E-state index in [1.807, 2.05) is 24.3 Å². The van der Waals surface area contributed by atoms with Crippen LogP contribution < -0.4 is 4.90 Å². The van der Waals surface area contributed by atoms with Crippen molar-refractivity contribution in [3.05, 3.63) is 65.5 Å². The maximum absolute atomic E-state index is 13.7. The van der Waals surface area contributed by atoms with Gasteiger partial charge < -0.3 is 10.0 Å². The summed E-state index contributed by atoms with van der Waals surface area (Å²) in [5.74, 6) is -0.306. The second-order valence-corrected chi connectivity index (χ2v) is 4.15. The normalized spacial score (nSPS) is 18.2. The Morgan fingerprint density at radius 2 is 1.76 bits per heavy atom. The highest BCUT2D eigenvalue weighted by Crippen LogP contribution is 2.36. The molecule has 17 heavy (non-hydrogen) atoms. The molecule has 0 saturated carbocycles. The Balaban J connectivity index is 2.02. The fourth-order valence-corrected chi connectivity index (χ4v) is 2.27. The highest BCUT2D eigenvalue weighted by atomic mass is 19.1. The molecule has 1 N–H and O–H groups in total. The van der Waals surface area contributed by atoms with Crippen molar-refractivity contribution in [1.82, 2.24) is 0 Å². The van der Waals surface area contributed by atoms with Crippen LogP contribution in [0.2, 0.25) is 0 Å². The quantitative estimate of drug-likeness (QED) is 0.812. The molecule has 3 heteroatoms. The van der Waals surface area contributed by atoms with E-state index in [4.69, 9.17) is 0 Å². The van der Waals surface area contributed by atoms with Crippen LogP contribution in [0.1, 0.15) is 17.4 Å². The molecule has 0 aromatic heterocycles. The summed E-state index contributed by atoms with van der Waals surface area (Å²) in [5, 5.41) is 10.2. The lowest BCUT2D eigenvalue weighted by atomic mass is 10.1. The number of aliphatic hydroxyl groups excluding tert-OH is 1. The third-order valence-corrected chi connectivity index (χ3v) is 3.13. The van der Waals surface area contributed by atoms with Crippen LogP contribution in [0.3, 0.4) is 0 Å². The fourth-order valence-electron chi connectivity index (χ4n) is 2.27. The van der Waals surface area contributed by atoms with Gasteiger partial charge in [-0.3, -0.25) is 0 Å². The summed E-state index contributed by atoms with van der Waals surface area (Å²) in [4.78, 5) is 1.67. The van der Waals surface area contributed by atoms with E-state index in [2.05, 4.69) is 0 Å². The standard InChI is InChI=1S/C14H12FNO/c15-12-7-3-4-8-13(12)16-9-10-5-1-2-6-11(10)14(16)17/h1-8,14,17H,9H2. The van der Waals surface area contributed by atoms with Crippen molar-refractivity contribution in [3.8, 4) is 0 Å². The SMILES string of the molecule is OC1c2ccccc2CN1c1ccccc1F. The van der Waals surface area contributed by atoms with E-state index in [0.717, 1.165) is 11.1 Å². The van der Waals surface area contributed by atoms with Gasteiger partial charge in [-0.15, -0.1) is 0 Å². The fraction of sp³-hybridized carbons (Fsp3) is 0.143. The van der Waals surface area contributed by atoms with Crippen LogP contribution in [0, 0.1) is 5.82 Å². The molecule has 3 rings (SSSR count). The van der Waals surface area contributed by atoms with Crippen LogP contribution >= 0.6 is 0 Å². The van der Waals surface area contributed by atoms with Crippen LogP contribution in [0.25, 0.3) is 0 Å². The van der Waals surface area contributed by atoms with Gasteiger partial charge in [-0.2, -0.15) is 0 Å². The second kappa shape index (κ2) is 3.86. The highest BCUT2D eigenvalue weighted by molar-refractivity contribution is 5.54. The molecule has 1 aliphatic rings. The number of anilines is 1. The third kappa shape index (κ3) is 1.59. The first-order valence-electron chi connectivity index (χ1n) is 5.54. The molecule has 1 atom stereocenters. The molecular formula is C14H12FNO. The summed E-state index contributed by atoms with van der Waals surface area (Å²) in [5.41, 5.74) is 2.34. The molecule has 0 fully saturated rings. The Labute approximate surface area is 98.9 Å². The van der Waals surface area contributed by atoms with Crippen LogP contribution in [0.4, 0.5) is 10.1 Å². The van der Waals surface area contributed by atoms with E-state index in [0.29, 0.717) is 12.2 Å². The average molecular weight is 229 g/mol. The lowest BCUT2D eigenvalue weighted by molar-refractivity contribution is 0.181. The smallest absolute Gasteiger partial charge is 0.153 e. The van der Waals surface area contributed by atoms with Crippen LogP contribution in [-0.2, 0) is 6.54 Å². The Bertz CT molecular complexity index is 555. The van der Waals surface area contributed by atoms with Crippen molar-refractivity contribution in [2.45, 2.75) is 12.8 Å². The molecule has 0 saturated heterocycles. The number of hydrogen-bond acceptors (Lipinski definition) is 2. The number of aliphatic hydroxyl groups is 1. The minimum atomic E-state index is -0.761. The number of halogens is 1. The number of rotatable bonds is 1. The Morgan fingerprint density at radius 3 is 2.53 bits per heavy atom. The Kier molecular flexibility index (Phi) is 2.34. The monoisotopic (exact) mass is 229 g/mol. The number of benzene rings is 2. The Morgan fingerprint density at radius 1 is 1.06 bits per heavy atom. The van der Waals surface area contributed by atoms with E-state index in [1.54, 1.807) is 23.1 Å². The van der Waals surface area contributed by atoms with Crippen molar-refractivity contribution in [2.24, 2.45) is 0 Å². The lowest BCUT2D eigenvalue weighted by Crippen LogP contribution is -2.21. The first kappa shape index (κ1) is 10.3. The lowest BCUT2D eigenvalue weighted by Gasteiger charge is -2.23. The molecule has 0 aliphatic carbocycles. The van der Waals surface area contributed by atoms with Gasteiger partial charge in [0.2, 0.25) is 0 Å². The summed E-state index contributed by atoms with van der Waals surface area (Å²) >= 11 is 0. The van der Waals surface area contributed by atoms with E-state index >= 15 is 0 Å². The number of nitrogens with zero attached hydrogens (tertiary/aromatic N) is 1. The van der Waals surface area contributed by atoms with Crippen LogP contribution in [0.5, 0.6) is 0 Å². The summed E-state index contributed by atoms with van der Waals surface area (Å²) < 4.78 is 13.7. The molecule has 0 radical (unpaired) electrons. The molecule has 2 aromatic rings. The topological polar surface area (TPSA) is 23.5 Å². The summed E-state index contributed by atoms with van der Waals surface area (Å²) in [6, 6.07) is 14.2. The molecule has 0 bridgehead atoms. The second-order valence-electron chi connectivity index (χ2n) is 4.15. The third-order valence-electron chi connectivity index (χ3n) is 3.13. The van der Waals surface area contributed by atoms with Crippen molar-refractivity contribution >= 4 is 5.69 Å². The maximum atomic E-state index is 13.7. The predicted molar refractivity (Wildman–Crippen MR) is 64.0 cm³/mol. The van der Waals surface area contributed by atoms with Gasteiger partial charge in [0, 0.05) is 12.1 Å². The zero-order chi connectivity index (χ0) is 11.8. The number of fused-ring (bicyclic) bond motifs is 1. The molecule has 1 unspecified atom stereocenters. The van der Waals surface area contributed by atoms with Crippen molar-refractivity contribution in [2.75, 3.05) is 4.90 Å². The molecule has 0 amide bonds. The van der Waals surface area contributed by atoms with E-state index in [1.165, 1.54) is 6.07 Å². The first-order chi connectivity index (χ1) is 8.27. The van der Waals surface area contributed by atoms with E-state index in [9.17, 15) is 9.50 Å². The van der Waals surface area contributed by atoms with Gasteiger partial charge in [-0.25, -0.2) is 4.39 Å². The highest BCUT2D eigenvalue weighted by Gasteiger charge is 2.29. The van der Waals surface area contributed by atoms with Crippen molar-refractivity contribution in [3.63, 3.8) is 0 Å². The molecule has 1 heterocycles. The summed E-state index contributed by atoms with van der Waals surface area (Å²) in [6.45, 7) is 0.540. The van der Waals surface area contributed by atoms with E-state index < -0.39 is 6.23 Å². The van der Waals surface area contributed by atoms with Crippen LogP contribution in [0.15, 0.2) is 48.5 Å². The number of para-hydroxylation sites is 1. The van der Waals surface area contributed by atoms with Gasteiger partial charge in [-0.1, -0.05) is 36.4 Å². The van der Waals surface area contributed by atoms with Crippen molar-refractivity contribution in [1.29, 1.82) is 0 Å². The minimum absolute atomic E-state index is 0.306. The maximum Gasteiger partial charge on any atom is 0.153 e. The average Bonchev–Trinajstić information content (AvgIpc) is 2.68. The zero-order valence-electron chi connectivity index (χ0n) is 9.18. The molecule has 2 aromatic carbocycles. The van der Waals surface area contributed by atoms with Crippen LogP contribution in [-0.4, -0.2) is 5.11 Å². The molecular weight excluding hydrogens is 217 g/mol. The number of hydrogen-bond donors (Lipinski definition) is 1. The van der Waals surface area contributed by atoms with Gasteiger partial charge in [0.1, 0.15) is 5.82 Å². The van der Waals surface area contributed by atoms with Crippen molar-refractivity contribution < 1.29 is 9.50 Å². The van der Waals surface area contributed by atoms with Gasteiger partial charge >= 0.3 is 0 Å². The molecule has 86 valence electrons. The first-order valence-corrected chi connectivity index (χ1v) is 5.54. The minimum Gasteiger partial charge on any atom is -0.369 e. The van der Waals surface area contributed by atoms with Gasteiger partial charge in [0.05, 0.1) is 5.69 Å². The largest absolute Gasteiger partial charge is 0.369 e. The molecule has 0 spiro atoms. The molecule has 1 aliphatic heterocycles. The summed E-state index contributed by atoms with van der Waals surface area (Å²) in [6.07, 6.45) is -0.761. The van der Waals surface area contributed by atoms with Gasteiger partial charge in [0.25, 0.3) is 0 Å². The Hall–Kier alpha value is -1.87. The van der Waals surface area contributed by atoms with E-state index in [-0.39, 0.29) is 5.82 Å². The zero-order valence-corrected chi connectivity index (χ0v) is 9.18. The van der Waals surface area contributed by atoms with Gasteiger partial charge in [0.15, 0.2) is 6.23 Å². The van der Waals surface area contributed by atoms with Gasteiger partial charge in [-0.05, 0) is 17.7 Å². The summed E-state index contributed by atoms with van der Waals surface area (Å²) in [7, 11) is 0. The predicted octanol–water partition coefficient (Wildman–Crippen LogP) is 2.84.